The maximum atomic E-state index is 13.1. The van der Waals surface area contributed by atoms with Crippen molar-refractivity contribution < 1.29 is 4.39 Å². The Hall–Kier alpha value is -2.68. The molecule has 0 spiro atoms. The quantitative estimate of drug-likeness (QED) is 0.849. The van der Waals surface area contributed by atoms with Gasteiger partial charge < -0.3 is 5.73 Å². The molecule has 1 aromatic heterocycles. The van der Waals surface area contributed by atoms with E-state index in [2.05, 4.69) is 5.10 Å². The third kappa shape index (κ3) is 2.35. The molecule has 0 atom stereocenters. The average Bonchev–Trinajstić information content (AvgIpc) is 2.34. The lowest BCUT2D eigenvalue weighted by Crippen LogP contribution is -2.23. The number of nitrogen functional groups attached to an aromatic ring is 1. The van der Waals surface area contributed by atoms with Crippen LogP contribution in [-0.4, -0.2) is 9.78 Å². The van der Waals surface area contributed by atoms with Gasteiger partial charge in [-0.15, -0.1) is 0 Å². The average molecular weight is 244 g/mol. The highest BCUT2D eigenvalue weighted by Gasteiger charge is 2.06. The number of nitrogens with two attached hydrogens (primary N) is 1. The molecule has 2 N–H and O–H groups in total. The highest BCUT2D eigenvalue weighted by Crippen LogP contribution is 2.11. The van der Waals surface area contributed by atoms with Crippen molar-refractivity contribution in [2.24, 2.45) is 0 Å². The third-order valence-electron chi connectivity index (χ3n) is 2.40. The van der Waals surface area contributed by atoms with Crippen LogP contribution in [0.1, 0.15) is 11.1 Å². The van der Waals surface area contributed by atoms with Crippen LogP contribution < -0.4 is 11.3 Å². The first-order valence-corrected chi connectivity index (χ1v) is 5.12. The standard InChI is InChI=1S/C12H9FN4O/c13-10-2-1-8(6-14)9(5-10)7-17-12(18)4-3-11(15)16-17/h1-5H,7H2,(H2,15,16). The van der Waals surface area contributed by atoms with E-state index < -0.39 is 5.82 Å². The van der Waals surface area contributed by atoms with Crippen LogP contribution in [0.25, 0.3) is 0 Å². The lowest BCUT2D eigenvalue weighted by atomic mass is 10.1. The molecular weight excluding hydrogens is 235 g/mol. The van der Waals surface area contributed by atoms with Crippen LogP contribution in [0.3, 0.4) is 0 Å². The van der Waals surface area contributed by atoms with Crippen molar-refractivity contribution in [2.75, 3.05) is 5.73 Å². The normalized spacial score (nSPS) is 10.0. The summed E-state index contributed by atoms with van der Waals surface area (Å²) in [5, 5.41) is 12.7. The van der Waals surface area contributed by atoms with Gasteiger partial charge in [-0.25, -0.2) is 9.07 Å². The Kier molecular flexibility index (Phi) is 3.06. The minimum absolute atomic E-state index is 0.00449. The second kappa shape index (κ2) is 4.67. The molecule has 90 valence electrons. The van der Waals surface area contributed by atoms with Crippen LogP contribution in [0.4, 0.5) is 10.2 Å². The van der Waals surface area contributed by atoms with Crippen LogP contribution in [0.2, 0.25) is 0 Å². The maximum Gasteiger partial charge on any atom is 0.267 e. The second-order valence-corrected chi connectivity index (χ2v) is 3.67. The van der Waals surface area contributed by atoms with E-state index in [-0.39, 0.29) is 17.9 Å². The summed E-state index contributed by atoms with van der Waals surface area (Å²) in [6, 6.07) is 8.35. The molecule has 2 rings (SSSR count). The molecule has 1 heterocycles. The highest BCUT2D eigenvalue weighted by molar-refractivity contribution is 5.38. The molecular formula is C12H9FN4O. The predicted molar refractivity (Wildman–Crippen MR) is 63.1 cm³/mol. The number of hydrogen-bond donors (Lipinski definition) is 1. The van der Waals surface area contributed by atoms with Gasteiger partial charge >= 0.3 is 0 Å². The Morgan fingerprint density at radius 3 is 2.89 bits per heavy atom. The summed E-state index contributed by atoms with van der Waals surface area (Å²) in [5.41, 5.74) is 5.79. The molecule has 0 aliphatic rings. The Balaban J connectivity index is 2.46. The summed E-state index contributed by atoms with van der Waals surface area (Å²) >= 11 is 0. The van der Waals surface area contributed by atoms with Gasteiger partial charge in [0.05, 0.1) is 18.2 Å². The van der Waals surface area contributed by atoms with Crippen molar-refractivity contribution in [3.05, 3.63) is 57.6 Å². The molecule has 0 aliphatic carbocycles. The zero-order valence-corrected chi connectivity index (χ0v) is 9.30. The van der Waals surface area contributed by atoms with Crippen LogP contribution in [-0.2, 0) is 6.54 Å². The molecule has 5 nitrogen and oxygen atoms in total. The van der Waals surface area contributed by atoms with Crippen molar-refractivity contribution in [2.45, 2.75) is 6.54 Å². The van der Waals surface area contributed by atoms with Gasteiger partial charge in [-0.1, -0.05) is 0 Å². The lowest BCUT2D eigenvalue weighted by molar-refractivity contribution is 0.611. The van der Waals surface area contributed by atoms with Crippen molar-refractivity contribution in [1.82, 2.24) is 9.78 Å². The third-order valence-corrected chi connectivity index (χ3v) is 2.40. The summed E-state index contributed by atoms with van der Waals surface area (Å²) in [5.74, 6) is -0.287. The molecule has 0 unspecified atom stereocenters. The van der Waals surface area contributed by atoms with Gasteiger partial charge in [0, 0.05) is 6.07 Å². The fourth-order valence-electron chi connectivity index (χ4n) is 1.54. The summed E-state index contributed by atoms with van der Waals surface area (Å²) in [6.07, 6.45) is 0. The van der Waals surface area contributed by atoms with E-state index in [1.54, 1.807) is 0 Å². The molecule has 0 fully saturated rings. The van der Waals surface area contributed by atoms with Crippen molar-refractivity contribution >= 4 is 5.82 Å². The monoisotopic (exact) mass is 244 g/mol. The summed E-state index contributed by atoms with van der Waals surface area (Å²) in [7, 11) is 0. The predicted octanol–water partition coefficient (Wildman–Crippen LogP) is 0.885. The van der Waals surface area contributed by atoms with Gasteiger partial charge in [-0.2, -0.15) is 10.4 Å². The molecule has 18 heavy (non-hydrogen) atoms. The molecule has 1 aromatic carbocycles. The number of nitrogens with zero attached hydrogens (tertiary/aromatic N) is 3. The van der Waals surface area contributed by atoms with E-state index in [4.69, 9.17) is 11.0 Å². The molecule has 2 aromatic rings. The van der Waals surface area contributed by atoms with E-state index in [0.29, 0.717) is 11.1 Å². The van der Waals surface area contributed by atoms with Crippen LogP contribution in [0, 0.1) is 17.1 Å². The first kappa shape index (κ1) is 11.8. The second-order valence-electron chi connectivity index (χ2n) is 3.67. The summed E-state index contributed by atoms with van der Waals surface area (Å²) < 4.78 is 14.2. The molecule has 0 aliphatic heterocycles. The van der Waals surface area contributed by atoms with E-state index in [1.165, 1.54) is 30.3 Å². The number of hydrogen-bond acceptors (Lipinski definition) is 4. The van der Waals surface area contributed by atoms with Crippen LogP contribution in [0.15, 0.2) is 35.1 Å². The zero-order chi connectivity index (χ0) is 13.1. The minimum Gasteiger partial charge on any atom is -0.382 e. The van der Waals surface area contributed by atoms with Crippen molar-refractivity contribution in [3.63, 3.8) is 0 Å². The van der Waals surface area contributed by atoms with Gasteiger partial charge in [0.1, 0.15) is 11.6 Å². The van der Waals surface area contributed by atoms with Crippen LogP contribution >= 0.6 is 0 Å². The molecule has 0 radical (unpaired) electrons. The van der Waals surface area contributed by atoms with E-state index >= 15 is 0 Å². The van der Waals surface area contributed by atoms with E-state index in [9.17, 15) is 9.18 Å². The Morgan fingerprint density at radius 2 is 2.17 bits per heavy atom. The number of benzene rings is 1. The smallest absolute Gasteiger partial charge is 0.267 e. The summed E-state index contributed by atoms with van der Waals surface area (Å²) in [6.45, 7) is 0.00449. The Bertz CT molecular complexity index is 687. The maximum absolute atomic E-state index is 13.1. The first-order chi connectivity index (χ1) is 8.60. The number of aromatic nitrogens is 2. The van der Waals surface area contributed by atoms with Gasteiger partial charge in [-0.05, 0) is 29.8 Å². The van der Waals surface area contributed by atoms with E-state index in [0.717, 1.165) is 4.68 Å². The van der Waals surface area contributed by atoms with Gasteiger partial charge in [0.25, 0.3) is 5.56 Å². The molecule has 0 saturated heterocycles. The number of anilines is 1. The molecule has 0 saturated carbocycles. The van der Waals surface area contributed by atoms with Crippen molar-refractivity contribution in [3.8, 4) is 6.07 Å². The largest absolute Gasteiger partial charge is 0.382 e. The summed E-state index contributed by atoms with van der Waals surface area (Å²) in [4.78, 5) is 11.5. The fourth-order valence-corrected chi connectivity index (χ4v) is 1.54. The highest BCUT2D eigenvalue weighted by atomic mass is 19.1. The molecule has 6 heteroatoms. The van der Waals surface area contributed by atoms with Gasteiger partial charge in [0.15, 0.2) is 0 Å². The number of nitriles is 1. The molecule has 0 bridgehead atoms. The fraction of sp³-hybridized carbons (Fsp3) is 0.0833. The number of halogens is 1. The lowest BCUT2D eigenvalue weighted by Gasteiger charge is -2.06. The van der Waals surface area contributed by atoms with Gasteiger partial charge in [0.2, 0.25) is 0 Å². The minimum atomic E-state index is -0.471. The first-order valence-electron chi connectivity index (χ1n) is 5.12. The van der Waals surface area contributed by atoms with Crippen molar-refractivity contribution in [1.29, 1.82) is 5.26 Å². The zero-order valence-electron chi connectivity index (χ0n) is 9.30. The molecule has 0 amide bonds. The number of rotatable bonds is 2. The van der Waals surface area contributed by atoms with Gasteiger partial charge in [-0.3, -0.25) is 4.79 Å². The SMILES string of the molecule is N#Cc1ccc(F)cc1Cn1nc(N)ccc1=O. The Labute approximate surface area is 102 Å². The Morgan fingerprint density at radius 1 is 1.39 bits per heavy atom. The van der Waals surface area contributed by atoms with E-state index in [1.807, 2.05) is 6.07 Å². The topological polar surface area (TPSA) is 84.7 Å². The van der Waals surface area contributed by atoms with Crippen LogP contribution in [0.5, 0.6) is 0 Å².